The molecule has 6 nitrogen and oxygen atoms in total. The van der Waals surface area contributed by atoms with Crippen molar-refractivity contribution in [3.05, 3.63) is 17.6 Å². The fraction of sp³-hybridized carbons (Fsp3) is 0.706. The van der Waals surface area contributed by atoms with Crippen LogP contribution in [0.3, 0.4) is 0 Å². The summed E-state index contributed by atoms with van der Waals surface area (Å²) in [4.78, 5) is 22.5. The molecule has 2 rings (SSSR count). The normalized spacial score (nSPS) is 18.7. The highest BCUT2D eigenvalue weighted by atomic mass is 16.6. The van der Waals surface area contributed by atoms with Crippen molar-refractivity contribution in [2.24, 2.45) is 5.92 Å². The molecule has 1 aromatic heterocycles. The number of aromatic nitrogens is 2. The van der Waals surface area contributed by atoms with Crippen LogP contribution in [0.1, 0.15) is 45.1 Å². The standard InChI is InChI=1S/C17H27N3O3/c1-12-9-15(19-13(2)18-12)22-11-14-7-6-8-20(10-14)16(21)23-17(3,4)5/h9,14H,6-8,10-11H2,1-5H3. The minimum Gasteiger partial charge on any atom is -0.477 e. The lowest BCUT2D eigenvalue weighted by molar-refractivity contribution is 0.0138. The molecule has 1 amide bonds. The van der Waals surface area contributed by atoms with Crippen LogP contribution in [0.25, 0.3) is 0 Å². The van der Waals surface area contributed by atoms with Crippen LogP contribution in [0, 0.1) is 19.8 Å². The highest BCUT2D eigenvalue weighted by Crippen LogP contribution is 2.20. The van der Waals surface area contributed by atoms with E-state index in [-0.39, 0.29) is 6.09 Å². The Kier molecular flexibility index (Phi) is 5.44. The molecule has 128 valence electrons. The summed E-state index contributed by atoms with van der Waals surface area (Å²) < 4.78 is 11.3. The lowest BCUT2D eigenvalue weighted by Gasteiger charge is -2.33. The second kappa shape index (κ2) is 7.15. The van der Waals surface area contributed by atoms with Crippen molar-refractivity contribution in [1.82, 2.24) is 14.9 Å². The third-order valence-electron chi connectivity index (χ3n) is 3.58. The predicted octanol–water partition coefficient (Wildman–Crippen LogP) is 3.12. The van der Waals surface area contributed by atoms with Gasteiger partial charge < -0.3 is 14.4 Å². The van der Waals surface area contributed by atoms with Gasteiger partial charge >= 0.3 is 6.09 Å². The zero-order valence-corrected chi connectivity index (χ0v) is 14.8. The Morgan fingerprint density at radius 2 is 2.09 bits per heavy atom. The van der Waals surface area contributed by atoms with Crippen LogP contribution in [0.4, 0.5) is 4.79 Å². The van der Waals surface area contributed by atoms with E-state index in [1.807, 2.05) is 40.7 Å². The summed E-state index contributed by atoms with van der Waals surface area (Å²) in [6, 6.07) is 1.83. The molecule has 1 aromatic rings. The molecule has 0 saturated carbocycles. The fourth-order valence-corrected chi connectivity index (χ4v) is 2.65. The number of hydrogen-bond acceptors (Lipinski definition) is 5. The average Bonchev–Trinajstić information content (AvgIpc) is 2.43. The van der Waals surface area contributed by atoms with Gasteiger partial charge in [0.05, 0.1) is 6.61 Å². The number of ether oxygens (including phenoxy) is 2. The molecule has 23 heavy (non-hydrogen) atoms. The third-order valence-corrected chi connectivity index (χ3v) is 3.58. The minimum absolute atomic E-state index is 0.240. The highest BCUT2D eigenvalue weighted by Gasteiger charge is 2.28. The first-order chi connectivity index (χ1) is 10.7. The summed E-state index contributed by atoms with van der Waals surface area (Å²) in [5, 5.41) is 0. The van der Waals surface area contributed by atoms with Gasteiger partial charge in [0.25, 0.3) is 0 Å². The molecular weight excluding hydrogens is 294 g/mol. The molecule has 1 fully saturated rings. The van der Waals surface area contributed by atoms with Gasteiger partial charge in [-0.2, -0.15) is 4.98 Å². The van der Waals surface area contributed by atoms with Gasteiger partial charge in [0.2, 0.25) is 5.88 Å². The van der Waals surface area contributed by atoms with Crippen molar-refractivity contribution in [2.45, 2.75) is 53.1 Å². The molecule has 0 bridgehead atoms. The van der Waals surface area contributed by atoms with Gasteiger partial charge in [0.15, 0.2) is 0 Å². The van der Waals surface area contributed by atoms with E-state index < -0.39 is 5.60 Å². The number of carbonyl (C=O) groups is 1. The van der Waals surface area contributed by atoms with Crippen LogP contribution < -0.4 is 4.74 Å². The summed E-state index contributed by atoms with van der Waals surface area (Å²) in [5.41, 5.74) is 0.433. The molecule has 1 saturated heterocycles. The average molecular weight is 321 g/mol. The molecule has 1 unspecified atom stereocenters. The van der Waals surface area contributed by atoms with Crippen molar-refractivity contribution in [2.75, 3.05) is 19.7 Å². The first-order valence-electron chi connectivity index (χ1n) is 8.16. The summed E-state index contributed by atoms with van der Waals surface area (Å²) in [7, 11) is 0. The molecule has 0 N–H and O–H groups in total. The third kappa shape index (κ3) is 5.69. The second-order valence-electron chi connectivity index (χ2n) is 7.14. The molecule has 1 atom stereocenters. The predicted molar refractivity (Wildman–Crippen MR) is 87.5 cm³/mol. The van der Waals surface area contributed by atoms with Gasteiger partial charge in [-0.1, -0.05) is 0 Å². The Balaban J connectivity index is 1.87. The molecular formula is C17H27N3O3. The van der Waals surface area contributed by atoms with E-state index in [1.54, 1.807) is 4.90 Å². The number of rotatable bonds is 3. The number of nitrogens with zero attached hydrogens (tertiary/aromatic N) is 3. The van der Waals surface area contributed by atoms with Gasteiger partial charge in [-0.05, 0) is 47.5 Å². The molecule has 1 aliphatic heterocycles. The van der Waals surface area contributed by atoms with E-state index in [9.17, 15) is 4.79 Å². The Bertz CT molecular complexity index is 534. The van der Waals surface area contributed by atoms with Crippen LogP contribution in [-0.2, 0) is 4.74 Å². The van der Waals surface area contributed by atoms with E-state index in [1.165, 1.54) is 0 Å². The molecule has 2 heterocycles. The summed E-state index contributed by atoms with van der Waals surface area (Å²) in [6.45, 7) is 11.4. The number of piperidine rings is 1. The van der Waals surface area contributed by atoms with Gasteiger partial charge in [-0.15, -0.1) is 0 Å². The van der Waals surface area contributed by atoms with E-state index in [2.05, 4.69) is 9.97 Å². The van der Waals surface area contributed by atoms with Gasteiger partial charge in [-0.25, -0.2) is 9.78 Å². The highest BCUT2D eigenvalue weighted by molar-refractivity contribution is 5.68. The Morgan fingerprint density at radius 3 is 2.74 bits per heavy atom. The Morgan fingerprint density at radius 1 is 1.35 bits per heavy atom. The second-order valence-corrected chi connectivity index (χ2v) is 7.14. The Hall–Kier alpha value is -1.85. The maximum Gasteiger partial charge on any atom is 0.410 e. The quantitative estimate of drug-likeness (QED) is 0.856. The van der Waals surface area contributed by atoms with Crippen molar-refractivity contribution in [1.29, 1.82) is 0 Å². The minimum atomic E-state index is -0.462. The number of aryl methyl sites for hydroxylation is 2. The van der Waals surface area contributed by atoms with Crippen LogP contribution in [-0.4, -0.2) is 46.3 Å². The Labute approximate surface area is 138 Å². The van der Waals surface area contributed by atoms with E-state index >= 15 is 0 Å². The number of hydrogen-bond donors (Lipinski definition) is 0. The topological polar surface area (TPSA) is 64.5 Å². The summed E-state index contributed by atoms with van der Waals surface area (Å²) >= 11 is 0. The zero-order valence-electron chi connectivity index (χ0n) is 14.8. The van der Waals surface area contributed by atoms with Crippen LogP contribution >= 0.6 is 0 Å². The van der Waals surface area contributed by atoms with Crippen LogP contribution in [0.2, 0.25) is 0 Å². The maximum absolute atomic E-state index is 12.2. The van der Waals surface area contributed by atoms with Crippen LogP contribution in [0.15, 0.2) is 6.07 Å². The first kappa shape index (κ1) is 17.5. The fourth-order valence-electron chi connectivity index (χ4n) is 2.65. The summed E-state index contributed by atoms with van der Waals surface area (Å²) in [6.07, 6.45) is 1.77. The molecule has 0 radical (unpaired) electrons. The zero-order chi connectivity index (χ0) is 17.0. The van der Waals surface area contributed by atoms with Crippen LogP contribution in [0.5, 0.6) is 5.88 Å². The van der Waals surface area contributed by atoms with E-state index in [4.69, 9.17) is 9.47 Å². The molecule has 1 aliphatic rings. The van der Waals surface area contributed by atoms with Gasteiger partial charge in [-0.3, -0.25) is 0 Å². The van der Waals surface area contributed by atoms with Crippen molar-refractivity contribution in [3.63, 3.8) is 0 Å². The largest absolute Gasteiger partial charge is 0.477 e. The van der Waals surface area contributed by atoms with Gasteiger partial charge in [0, 0.05) is 30.8 Å². The lowest BCUT2D eigenvalue weighted by atomic mass is 9.99. The summed E-state index contributed by atoms with van der Waals surface area (Å²) in [5.74, 6) is 1.61. The SMILES string of the molecule is Cc1cc(OCC2CCCN(C(=O)OC(C)(C)C)C2)nc(C)n1. The van der Waals surface area contributed by atoms with Crippen molar-refractivity contribution in [3.8, 4) is 5.88 Å². The maximum atomic E-state index is 12.2. The first-order valence-corrected chi connectivity index (χ1v) is 8.16. The molecule has 0 spiro atoms. The molecule has 0 aromatic carbocycles. The van der Waals surface area contributed by atoms with Gasteiger partial charge in [0.1, 0.15) is 11.4 Å². The monoisotopic (exact) mass is 321 g/mol. The lowest BCUT2D eigenvalue weighted by Crippen LogP contribution is -2.44. The van der Waals surface area contributed by atoms with E-state index in [0.717, 1.165) is 25.1 Å². The molecule has 0 aliphatic carbocycles. The number of carbonyl (C=O) groups excluding carboxylic acids is 1. The number of amides is 1. The number of likely N-dealkylation sites (tertiary alicyclic amines) is 1. The van der Waals surface area contributed by atoms with E-state index in [0.29, 0.717) is 30.8 Å². The van der Waals surface area contributed by atoms with Crippen molar-refractivity contribution < 1.29 is 14.3 Å². The molecule has 6 heteroatoms. The van der Waals surface area contributed by atoms with Crippen molar-refractivity contribution >= 4 is 6.09 Å². The smallest absolute Gasteiger partial charge is 0.410 e.